The number of unbranched alkanes of at least 4 members (excludes halogenated alkanes) is 4. The largest absolute Gasteiger partial charge is 0.396 e. The molecule has 0 unspecified atom stereocenters. The third-order valence-electron chi connectivity index (χ3n) is 4.33. The molecule has 0 spiro atoms. The number of ether oxygens (including phenoxy) is 2. The molecule has 0 amide bonds. The number of hydrogen-bond acceptors (Lipinski definition) is 3. The first-order valence-electron chi connectivity index (χ1n) is 7.17. The second kappa shape index (κ2) is 5.68. The van der Waals surface area contributed by atoms with E-state index in [0.717, 1.165) is 25.7 Å². The zero-order chi connectivity index (χ0) is 12.2. The van der Waals surface area contributed by atoms with Crippen LogP contribution in [0.25, 0.3) is 0 Å². The summed E-state index contributed by atoms with van der Waals surface area (Å²) in [7, 11) is 0. The molecule has 2 fully saturated rings. The molecule has 0 aromatic rings. The van der Waals surface area contributed by atoms with Gasteiger partial charge in [0, 0.05) is 11.8 Å². The van der Waals surface area contributed by atoms with Gasteiger partial charge in [-0.15, -0.1) is 0 Å². The molecule has 0 radical (unpaired) electrons. The predicted molar refractivity (Wildman–Crippen MR) is 66.8 cm³/mol. The molecule has 0 bridgehead atoms. The summed E-state index contributed by atoms with van der Waals surface area (Å²) in [5.41, 5.74) is -0.0751. The number of hydrogen-bond donors (Lipinski definition) is 1. The van der Waals surface area contributed by atoms with Gasteiger partial charge in [-0.05, 0) is 19.3 Å². The Kier molecular flexibility index (Phi) is 4.45. The normalized spacial score (nSPS) is 25.1. The SMILES string of the molecule is CCCCCCCC1(C2(CO)CC2)OCCO1. The van der Waals surface area contributed by atoms with E-state index in [9.17, 15) is 5.11 Å². The van der Waals surface area contributed by atoms with Gasteiger partial charge in [0.1, 0.15) is 0 Å². The van der Waals surface area contributed by atoms with Crippen molar-refractivity contribution in [2.45, 2.75) is 64.1 Å². The lowest BCUT2D eigenvalue weighted by Crippen LogP contribution is -2.43. The van der Waals surface area contributed by atoms with Crippen molar-refractivity contribution in [2.24, 2.45) is 5.41 Å². The highest BCUT2D eigenvalue weighted by molar-refractivity contribution is 5.05. The fourth-order valence-corrected chi connectivity index (χ4v) is 2.94. The lowest BCUT2D eigenvalue weighted by atomic mass is 9.90. The van der Waals surface area contributed by atoms with E-state index in [1.54, 1.807) is 0 Å². The fourth-order valence-electron chi connectivity index (χ4n) is 2.94. The number of aliphatic hydroxyl groups excluding tert-OH is 1. The molecule has 2 rings (SSSR count). The molecule has 2 aliphatic rings. The third-order valence-corrected chi connectivity index (χ3v) is 4.33. The van der Waals surface area contributed by atoms with Gasteiger partial charge in [-0.25, -0.2) is 0 Å². The minimum Gasteiger partial charge on any atom is -0.396 e. The Bertz CT molecular complexity index is 230. The maximum Gasteiger partial charge on any atom is 0.176 e. The summed E-state index contributed by atoms with van der Waals surface area (Å²) >= 11 is 0. The fraction of sp³-hybridized carbons (Fsp3) is 1.00. The van der Waals surface area contributed by atoms with Crippen LogP contribution in [0.1, 0.15) is 58.3 Å². The molecule has 17 heavy (non-hydrogen) atoms. The van der Waals surface area contributed by atoms with Gasteiger partial charge in [-0.1, -0.05) is 32.6 Å². The van der Waals surface area contributed by atoms with Crippen LogP contribution in [0.2, 0.25) is 0 Å². The molecule has 1 saturated heterocycles. The predicted octanol–water partition coefficient (Wildman–Crippen LogP) is 2.86. The lowest BCUT2D eigenvalue weighted by Gasteiger charge is -2.35. The van der Waals surface area contributed by atoms with E-state index < -0.39 is 5.79 Å². The Balaban J connectivity index is 1.81. The van der Waals surface area contributed by atoms with Crippen LogP contribution in [-0.2, 0) is 9.47 Å². The Morgan fingerprint density at radius 3 is 2.18 bits per heavy atom. The van der Waals surface area contributed by atoms with Crippen LogP contribution in [0.4, 0.5) is 0 Å². The van der Waals surface area contributed by atoms with Gasteiger partial charge in [0.25, 0.3) is 0 Å². The first-order chi connectivity index (χ1) is 8.29. The molecule has 0 aromatic carbocycles. The number of rotatable bonds is 8. The van der Waals surface area contributed by atoms with Gasteiger partial charge in [-0.2, -0.15) is 0 Å². The zero-order valence-corrected chi connectivity index (χ0v) is 11.0. The van der Waals surface area contributed by atoms with Crippen molar-refractivity contribution in [1.82, 2.24) is 0 Å². The third kappa shape index (κ3) is 2.67. The highest BCUT2D eigenvalue weighted by Crippen LogP contribution is 2.58. The summed E-state index contributed by atoms with van der Waals surface area (Å²) in [6, 6.07) is 0. The van der Waals surface area contributed by atoms with Gasteiger partial charge in [0.2, 0.25) is 0 Å². The molecule has 100 valence electrons. The highest BCUT2D eigenvalue weighted by Gasteiger charge is 2.62. The molecule has 0 atom stereocenters. The van der Waals surface area contributed by atoms with E-state index in [2.05, 4.69) is 6.92 Å². The molecule has 0 aromatic heterocycles. The monoisotopic (exact) mass is 242 g/mol. The Labute approximate surface area is 104 Å². The first-order valence-corrected chi connectivity index (χ1v) is 7.17. The topological polar surface area (TPSA) is 38.7 Å². The van der Waals surface area contributed by atoms with Crippen molar-refractivity contribution >= 4 is 0 Å². The van der Waals surface area contributed by atoms with Crippen LogP contribution in [0.15, 0.2) is 0 Å². The molecule has 1 N–H and O–H groups in total. The average molecular weight is 242 g/mol. The van der Waals surface area contributed by atoms with Gasteiger partial charge < -0.3 is 14.6 Å². The summed E-state index contributed by atoms with van der Waals surface area (Å²) in [6.45, 7) is 3.82. The minimum atomic E-state index is -0.450. The second-order valence-corrected chi connectivity index (χ2v) is 5.55. The van der Waals surface area contributed by atoms with Crippen molar-refractivity contribution in [3.8, 4) is 0 Å². The molecule has 1 aliphatic heterocycles. The van der Waals surface area contributed by atoms with E-state index in [4.69, 9.17) is 9.47 Å². The Morgan fingerprint density at radius 2 is 1.65 bits per heavy atom. The van der Waals surface area contributed by atoms with Crippen molar-refractivity contribution in [3.63, 3.8) is 0 Å². The second-order valence-electron chi connectivity index (χ2n) is 5.55. The first kappa shape index (κ1) is 13.3. The van der Waals surface area contributed by atoms with Gasteiger partial charge in [-0.3, -0.25) is 0 Å². The van der Waals surface area contributed by atoms with Crippen LogP contribution in [0.3, 0.4) is 0 Å². The van der Waals surface area contributed by atoms with Crippen molar-refractivity contribution < 1.29 is 14.6 Å². The minimum absolute atomic E-state index is 0.0751. The van der Waals surface area contributed by atoms with Crippen molar-refractivity contribution in [1.29, 1.82) is 0 Å². The maximum atomic E-state index is 9.56. The quantitative estimate of drug-likeness (QED) is 0.665. The van der Waals surface area contributed by atoms with E-state index in [-0.39, 0.29) is 12.0 Å². The highest BCUT2D eigenvalue weighted by atomic mass is 16.7. The van der Waals surface area contributed by atoms with Crippen molar-refractivity contribution in [3.05, 3.63) is 0 Å². The summed E-state index contributed by atoms with van der Waals surface area (Å²) < 4.78 is 11.8. The van der Waals surface area contributed by atoms with Gasteiger partial charge in [0.15, 0.2) is 5.79 Å². The summed E-state index contributed by atoms with van der Waals surface area (Å²) in [6.07, 6.45) is 9.37. The molecule has 1 aliphatic carbocycles. The summed E-state index contributed by atoms with van der Waals surface area (Å²) in [5, 5.41) is 9.56. The van der Waals surface area contributed by atoms with Gasteiger partial charge in [0.05, 0.1) is 19.8 Å². The molecule has 3 nitrogen and oxygen atoms in total. The molecule has 1 heterocycles. The smallest absolute Gasteiger partial charge is 0.176 e. The van der Waals surface area contributed by atoms with E-state index in [0.29, 0.717) is 13.2 Å². The van der Waals surface area contributed by atoms with E-state index in [1.165, 1.54) is 25.7 Å². The summed E-state index contributed by atoms with van der Waals surface area (Å²) in [5.74, 6) is -0.450. The standard InChI is InChI=1S/C14H26O3/c1-2-3-4-5-6-7-14(16-10-11-17-14)13(12-15)8-9-13/h15H,2-12H2,1H3. The lowest BCUT2D eigenvalue weighted by molar-refractivity contribution is -0.219. The van der Waals surface area contributed by atoms with E-state index in [1.807, 2.05) is 0 Å². The van der Waals surface area contributed by atoms with Crippen LogP contribution in [0, 0.1) is 5.41 Å². The maximum absolute atomic E-state index is 9.56. The van der Waals surface area contributed by atoms with E-state index >= 15 is 0 Å². The van der Waals surface area contributed by atoms with Crippen molar-refractivity contribution in [2.75, 3.05) is 19.8 Å². The van der Waals surface area contributed by atoms with Crippen LogP contribution in [-0.4, -0.2) is 30.7 Å². The number of aliphatic hydroxyl groups is 1. The molecular formula is C14H26O3. The Morgan fingerprint density at radius 1 is 1.00 bits per heavy atom. The van der Waals surface area contributed by atoms with Crippen LogP contribution < -0.4 is 0 Å². The average Bonchev–Trinajstić information content (AvgIpc) is 3.03. The Hall–Kier alpha value is -0.120. The summed E-state index contributed by atoms with van der Waals surface area (Å²) in [4.78, 5) is 0. The molecule has 3 heteroatoms. The molecule has 1 saturated carbocycles. The van der Waals surface area contributed by atoms with Crippen LogP contribution in [0.5, 0.6) is 0 Å². The van der Waals surface area contributed by atoms with Gasteiger partial charge >= 0.3 is 0 Å². The zero-order valence-electron chi connectivity index (χ0n) is 11.0. The van der Waals surface area contributed by atoms with Crippen LogP contribution >= 0.6 is 0 Å². The molecular weight excluding hydrogens is 216 g/mol.